The van der Waals surface area contributed by atoms with Crippen LogP contribution in [0, 0.1) is 4.77 Å². The van der Waals surface area contributed by atoms with Crippen LogP contribution >= 0.6 is 12.2 Å². The number of ether oxygens (including phenoxy) is 1. The summed E-state index contributed by atoms with van der Waals surface area (Å²) in [6, 6.07) is 5.88. The molecule has 1 aromatic heterocycles. The van der Waals surface area contributed by atoms with Crippen LogP contribution in [0.5, 0.6) is 5.75 Å². The molecule has 0 aliphatic carbocycles. The van der Waals surface area contributed by atoms with Crippen molar-refractivity contribution in [2.24, 2.45) is 0 Å². The maximum absolute atomic E-state index is 11.6. The molecule has 2 atom stereocenters. The molecule has 1 N–H and O–H groups in total. The fourth-order valence-electron chi connectivity index (χ4n) is 2.05. The van der Waals surface area contributed by atoms with Crippen molar-refractivity contribution in [1.29, 1.82) is 0 Å². The van der Waals surface area contributed by atoms with Gasteiger partial charge in [-0.05, 0) is 45.1 Å². The van der Waals surface area contributed by atoms with Crippen LogP contribution in [-0.2, 0) is 17.3 Å². The summed E-state index contributed by atoms with van der Waals surface area (Å²) >= 11 is 5.38. The Labute approximate surface area is 126 Å². The molecule has 20 heavy (non-hydrogen) atoms. The average Bonchev–Trinajstić information content (AvgIpc) is 2.67. The highest BCUT2D eigenvalue weighted by Gasteiger charge is 2.14. The number of para-hydroxylation sites is 1. The zero-order valence-corrected chi connectivity index (χ0v) is 13.8. The summed E-state index contributed by atoms with van der Waals surface area (Å²) in [6.45, 7) is 6.58. The van der Waals surface area contributed by atoms with Crippen molar-refractivity contribution >= 4 is 34.1 Å². The van der Waals surface area contributed by atoms with Crippen molar-refractivity contribution in [3.63, 3.8) is 0 Å². The third-order valence-electron chi connectivity index (χ3n) is 3.14. The zero-order chi connectivity index (χ0) is 14.9. The number of nitrogens with one attached hydrogen (secondary N) is 1. The summed E-state index contributed by atoms with van der Waals surface area (Å²) in [4.78, 5) is 3.20. The van der Waals surface area contributed by atoms with Gasteiger partial charge in [0.25, 0.3) is 0 Å². The van der Waals surface area contributed by atoms with Gasteiger partial charge in [0.2, 0.25) is 0 Å². The van der Waals surface area contributed by atoms with Crippen LogP contribution in [0.3, 0.4) is 0 Å². The molecule has 0 saturated carbocycles. The average molecular weight is 312 g/mol. The highest BCUT2D eigenvalue weighted by Crippen LogP contribution is 2.26. The molecule has 1 aromatic carbocycles. The van der Waals surface area contributed by atoms with Crippen LogP contribution in [0.1, 0.15) is 20.8 Å². The molecule has 2 aromatic rings. The van der Waals surface area contributed by atoms with Crippen LogP contribution in [-0.4, -0.2) is 31.4 Å². The Balaban J connectivity index is 2.49. The van der Waals surface area contributed by atoms with Crippen molar-refractivity contribution in [2.45, 2.75) is 38.7 Å². The number of fused-ring (bicyclic) bond motifs is 1. The lowest BCUT2D eigenvalue weighted by Crippen LogP contribution is -2.17. The molecule has 0 aliphatic rings. The maximum atomic E-state index is 11.6. The number of hydrogen-bond acceptors (Lipinski definition) is 3. The minimum Gasteiger partial charge on any atom is -0.489 e. The van der Waals surface area contributed by atoms with E-state index in [1.165, 1.54) is 0 Å². The molecule has 2 rings (SSSR count). The summed E-state index contributed by atoms with van der Waals surface area (Å²) in [5.41, 5.74) is 1.89. The van der Waals surface area contributed by atoms with E-state index in [2.05, 4.69) is 4.98 Å². The van der Waals surface area contributed by atoms with Crippen molar-refractivity contribution in [3.8, 4) is 5.75 Å². The molecular formula is C14H20N2O2S2. The first-order chi connectivity index (χ1) is 9.40. The minimum atomic E-state index is -0.873. The van der Waals surface area contributed by atoms with Crippen LogP contribution < -0.4 is 4.74 Å². The molecule has 110 valence electrons. The SMILES string of the molecule is CC(C)Oc1cccc2c1[nH]c(=S)n2CC(C)S(C)=O. The second-order valence-electron chi connectivity index (χ2n) is 5.17. The van der Waals surface area contributed by atoms with E-state index in [9.17, 15) is 4.21 Å². The second-order valence-corrected chi connectivity index (χ2v) is 7.36. The van der Waals surface area contributed by atoms with Crippen molar-refractivity contribution in [3.05, 3.63) is 23.0 Å². The molecule has 0 saturated heterocycles. The number of imidazole rings is 1. The molecule has 2 unspecified atom stereocenters. The van der Waals surface area contributed by atoms with Gasteiger partial charge in [-0.1, -0.05) is 6.07 Å². The number of hydrogen-bond donors (Lipinski definition) is 1. The number of nitrogens with zero attached hydrogens (tertiary/aromatic N) is 1. The molecule has 0 aliphatic heterocycles. The predicted molar refractivity (Wildman–Crippen MR) is 86.4 cm³/mol. The quantitative estimate of drug-likeness (QED) is 0.862. The topological polar surface area (TPSA) is 47.0 Å². The molecule has 0 spiro atoms. The second kappa shape index (κ2) is 6.10. The van der Waals surface area contributed by atoms with Crippen molar-refractivity contribution in [1.82, 2.24) is 9.55 Å². The Hall–Kier alpha value is -1.14. The van der Waals surface area contributed by atoms with Crippen LogP contribution in [0.2, 0.25) is 0 Å². The molecule has 0 amide bonds. The third-order valence-corrected chi connectivity index (χ3v) is 4.75. The Morgan fingerprint density at radius 2 is 2.10 bits per heavy atom. The lowest BCUT2D eigenvalue weighted by molar-refractivity contribution is 0.245. The van der Waals surface area contributed by atoms with E-state index in [1.807, 2.05) is 43.5 Å². The zero-order valence-electron chi connectivity index (χ0n) is 12.2. The first-order valence-electron chi connectivity index (χ1n) is 6.60. The number of aromatic nitrogens is 2. The maximum Gasteiger partial charge on any atom is 0.178 e. The number of benzene rings is 1. The normalized spacial score (nSPS) is 14.7. The number of rotatable bonds is 5. The van der Waals surface area contributed by atoms with E-state index in [0.29, 0.717) is 11.3 Å². The number of aromatic amines is 1. The van der Waals surface area contributed by atoms with Crippen LogP contribution in [0.15, 0.2) is 18.2 Å². The highest BCUT2D eigenvalue weighted by molar-refractivity contribution is 7.84. The molecule has 0 fully saturated rings. The molecule has 4 nitrogen and oxygen atoms in total. The number of H-pyrrole nitrogens is 1. The van der Waals surface area contributed by atoms with Gasteiger partial charge in [0.15, 0.2) is 4.77 Å². The first kappa shape index (κ1) is 15.3. The Morgan fingerprint density at radius 1 is 1.40 bits per heavy atom. The van der Waals surface area contributed by atoms with Gasteiger partial charge in [0, 0.05) is 28.9 Å². The Morgan fingerprint density at radius 3 is 2.70 bits per heavy atom. The van der Waals surface area contributed by atoms with E-state index in [0.717, 1.165) is 16.8 Å². The van der Waals surface area contributed by atoms with Gasteiger partial charge in [-0.3, -0.25) is 4.21 Å². The summed E-state index contributed by atoms with van der Waals surface area (Å²) < 4.78 is 20.0. The van der Waals surface area contributed by atoms with Gasteiger partial charge in [-0.15, -0.1) is 0 Å². The van der Waals surface area contributed by atoms with Gasteiger partial charge in [0.1, 0.15) is 11.3 Å². The summed E-state index contributed by atoms with van der Waals surface area (Å²) in [5.74, 6) is 0.799. The Bertz CT molecular complexity index is 688. The van der Waals surface area contributed by atoms with Gasteiger partial charge < -0.3 is 14.3 Å². The van der Waals surface area contributed by atoms with E-state index >= 15 is 0 Å². The van der Waals surface area contributed by atoms with Gasteiger partial charge in [-0.2, -0.15) is 0 Å². The van der Waals surface area contributed by atoms with Crippen LogP contribution in [0.25, 0.3) is 11.0 Å². The summed E-state index contributed by atoms with van der Waals surface area (Å²) in [7, 11) is -0.873. The fourth-order valence-corrected chi connectivity index (χ4v) is 2.68. The minimum absolute atomic E-state index is 0.0513. The first-order valence-corrected chi connectivity index (χ1v) is 8.63. The Kier molecular flexibility index (Phi) is 4.65. The fraction of sp³-hybridized carbons (Fsp3) is 0.500. The van der Waals surface area contributed by atoms with E-state index < -0.39 is 10.8 Å². The molecule has 0 radical (unpaired) electrons. The third kappa shape index (κ3) is 3.12. The van der Waals surface area contributed by atoms with Crippen LogP contribution in [0.4, 0.5) is 0 Å². The standard InChI is InChI=1S/C14H20N2O2S2/c1-9(2)18-12-7-5-6-11-13(12)15-14(19)16(11)8-10(3)20(4)17/h5-7,9-10H,8H2,1-4H3,(H,15,19). The predicted octanol–water partition coefficient (Wildman–Crippen LogP) is 3.25. The van der Waals surface area contributed by atoms with Gasteiger partial charge >= 0.3 is 0 Å². The largest absolute Gasteiger partial charge is 0.489 e. The monoisotopic (exact) mass is 312 g/mol. The molecule has 0 bridgehead atoms. The molecule has 1 heterocycles. The lowest BCUT2D eigenvalue weighted by Gasteiger charge is -2.12. The molecule has 6 heteroatoms. The van der Waals surface area contributed by atoms with Gasteiger partial charge in [0.05, 0.1) is 11.6 Å². The van der Waals surface area contributed by atoms with Crippen molar-refractivity contribution < 1.29 is 8.95 Å². The summed E-state index contributed by atoms with van der Waals surface area (Å²) in [6.07, 6.45) is 1.82. The van der Waals surface area contributed by atoms with Gasteiger partial charge in [-0.25, -0.2) is 0 Å². The van der Waals surface area contributed by atoms with Crippen molar-refractivity contribution in [2.75, 3.05) is 6.26 Å². The van der Waals surface area contributed by atoms with E-state index in [1.54, 1.807) is 6.26 Å². The lowest BCUT2D eigenvalue weighted by atomic mass is 10.3. The molecular weight excluding hydrogens is 292 g/mol. The smallest absolute Gasteiger partial charge is 0.178 e. The summed E-state index contributed by atoms with van der Waals surface area (Å²) in [5, 5.41) is 0.0513. The van der Waals surface area contributed by atoms with E-state index in [-0.39, 0.29) is 11.4 Å². The highest BCUT2D eigenvalue weighted by atomic mass is 32.2. The van der Waals surface area contributed by atoms with E-state index in [4.69, 9.17) is 17.0 Å².